The lowest BCUT2D eigenvalue weighted by molar-refractivity contribution is 0.0478. The molecule has 3 atom stereocenters. The van der Waals surface area contributed by atoms with Crippen LogP contribution in [0.1, 0.15) is 59.8 Å². The van der Waals surface area contributed by atoms with Crippen LogP contribution in [0, 0.1) is 0 Å². The van der Waals surface area contributed by atoms with Crippen LogP contribution in [0.3, 0.4) is 0 Å². The summed E-state index contributed by atoms with van der Waals surface area (Å²) in [5, 5.41) is 5.80. The highest BCUT2D eigenvalue weighted by Gasteiger charge is 2.29. The fraction of sp³-hybridized carbons (Fsp3) is 0.933. The van der Waals surface area contributed by atoms with Crippen molar-refractivity contribution in [3.05, 3.63) is 0 Å². The normalized spacial score (nSPS) is 25.3. The average molecular weight is 306 g/mol. The Hall–Kier alpha value is -0.910. The van der Waals surface area contributed by atoms with E-state index in [0.717, 1.165) is 32.1 Å². The fourth-order valence-electron chi connectivity index (χ4n) is 2.55. The second kappa shape index (κ2) is 7.92. The van der Waals surface area contributed by atoms with Gasteiger partial charge in [0.2, 0.25) is 0 Å². The number of carbonyl (C=O) groups is 1. The zero-order valence-corrected chi connectivity index (χ0v) is 13.4. The molecule has 0 heterocycles. The van der Waals surface area contributed by atoms with E-state index in [1.807, 2.05) is 0 Å². The molecule has 21 heavy (non-hydrogen) atoms. The van der Waals surface area contributed by atoms with Crippen LogP contribution in [0.25, 0.3) is 0 Å². The average Bonchev–Trinajstić information content (AvgIpc) is 2.52. The number of alkyl halides is 2. The molecule has 0 aliphatic heterocycles. The zero-order valence-electron chi connectivity index (χ0n) is 13.4. The molecular formula is C15H28F2N2O2. The van der Waals surface area contributed by atoms with E-state index in [4.69, 9.17) is 4.74 Å². The third-order valence-electron chi connectivity index (χ3n) is 3.57. The summed E-state index contributed by atoms with van der Waals surface area (Å²) in [5.74, 6) is 0. The summed E-state index contributed by atoms with van der Waals surface area (Å²) >= 11 is 0. The minimum atomic E-state index is -2.41. The van der Waals surface area contributed by atoms with Gasteiger partial charge in [0.25, 0.3) is 6.43 Å². The molecule has 0 spiro atoms. The topological polar surface area (TPSA) is 50.4 Å². The molecule has 1 amide bonds. The molecule has 0 radical (unpaired) electrons. The molecule has 0 saturated heterocycles. The van der Waals surface area contributed by atoms with Crippen molar-refractivity contribution in [2.45, 2.75) is 90.0 Å². The monoisotopic (exact) mass is 306 g/mol. The molecule has 3 unspecified atom stereocenters. The molecule has 1 saturated carbocycles. The highest BCUT2D eigenvalue weighted by molar-refractivity contribution is 5.68. The number of alkyl carbamates (subject to hydrolysis) is 1. The van der Waals surface area contributed by atoms with E-state index < -0.39 is 24.2 Å². The quantitative estimate of drug-likeness (QED) is 0.782. The molecule has 0 aromatic rings. The van der Waals surface area contributed by atoms with Gasteiger partial charge in [0.1, 0.15) is 5.60 Å². The van der Waals surface area contributed by atoms with E-state index in [1.165, 1.54) is 6.92 Å². The number of amides is 1. The first kappa shape index (κ1) is 18.1. The van der Waals surface area contributed by atoms with Crippen LogP contribution in [0.5, 0.6) is 0 Å². The predicted octanol–water partition coefficient (Wildman–Crippen LogP) is 3.46. The second-order valence-corrected chi connectivity index (χ2v) is 6.79. The van der Waals surface area contributed by atoms with Crippen molar-refractivity contribution in [1.29, 1.82) is 0 Å². The molecule has 1 aliphatic carbocycles. The van der Waals surface area contributed by atoms with E-state index in [-0.39, 0.29) is 12.1 Å². The lowest BCUT2D eigenvalue weighted by Gasteiger charge is -2.30. The number of hydrogen-bond acceptors (Lipinski definition) is 3. The number of ether oxygens (including phenoxy) is 1. The molecule has 0 bridgehead atoms. The SMILES string of the molecule is CC(NC1CCCCCC1NC(=O)OC(C)(C)C)C(F)F. The first-order chi connectivity index (χ1) is 9.69. The number of carbonyl (C=O) groups excluding carboxylic acids is 1. The van der Waals surface area contributed by atoms with Crippen LogP contribution in [0.15, 0.2) is 0 Å². The van der Waals surface area contributed by atoms with Crippen LogP contribution < -0.4 is 10.6 Å². The van der Waals surface area contributed by atoms with E-state index >= 15 is 0 Å². The van der Waals surface area contributed by atoms with Crippen molar-refractivity contribution in [1.82, 2.24) is 10.6 Å². The molecular weight excluding hydrogens is 278 g/mol. The molecule has 1 aliphatic rings. The van der Waals surface area contributed by atoms with Gasteiger partial charge in [0.15, 0.2) is 0 Å². The summed E-state index contributed by atoms with van der Waals surface area (Å²) in [6.07, 6.45) is 1.72. The Morgan fingerprint density at radius 3 is 2.24 bits per heavy atom. The largest absolute Gasteiger partial charge is 0.444 e. The Labute approximate surface area is 126 Å². The third-order valence-corrected chi connectivity index (χ3v) is 3.57. The molecule has 0 aromatic carbocycles. The number of nitrogens with one attached hydrogen (secondary N) is 2. The molecule has 1 rings (SSSR count). The Bertz CT molecular complexity index is 332. The van der Waals surface area contributed by atoms with Crippen LogP contribution in [-0.2, 0) is 4.74 Å². The Morgan fingerprint density at radius 1 is 1.14 bits per heavy atom. The van der Waals surface area contributed by atoms with E-state index in [0.29, 0.717) is 0 Å². The van der Waals surface area contributed by atoms with Gasteiger partial charge in [-0.2, -0.15) is 0 Å². The standard InChI is InChI=1S/C15H28F2N2O2/c1-10(13(16)17)18-11-8-6-5-7-9-12(11)19-14(20)21-15(2,3)4/h10-13,18H,5-9H2,1-4H3,(H,19,20). The maximum Gasteiger partial charge on any atom is 0.407 e. The maximum atomic E-state index is 12.7. The molecule has 6 heteroatoms. The van der Waals surface area contributed by atoms with Crippen molar-refractivity contribution in [2.75, 3.05) is 0 Å². The third kappa shape index (κ3) is 7.07. The zero-order chi connectivity index (χ0) is 16.0. The predicted molar refractivity (Wildman–Crippen MR) is 78.6 cm³/mol. The lowest BCUT2D eigenvalue weighted by Crippen LogP contribution is -2.53. The van der Waals surface area contributed by atoms with Crippen LogP contribution >= 0.6 is 0 Å². The van der Waals surface area contributed by atoms with Crippen molar-refractivity contribution < 1.29 is 18.3 Å². The summed E-state index contributed by atoms with van der Waals surface area (Å²) in [5.41, 5.74) is -0.562. The summed E-state index contributed by atoms with van der Waals surface area (Å²) < 4.78 is 30.7. The van der Waals surface area contributed by atoms with Crippen LogP contribution in [-0.4, -0.2) is 36.2 Å². The Morgan fingerprint density at radius 2 is 1.71 bits per heavy atom. The minimum absolute atomic E-state index is 0.135. The second-order valence-electron chi connectivity index (χ2n) is 6.79. The van der Waals surface area contributed by atoms with Gasteiger partial charge in [0, 0.05) is 12.1 Å². The molecule has 4 nitrogen and oxygen atoms in total. The Kier molecular flexibility index (Phi) is 6.84. The number of rotatable bonds is 4. The van der Waals surface area contributed by atoms with Gasteiger partial charge in [-0.3, -0.25) is 0 Å². The van der Waals surface area contributed by atoms with E-state index in [2.05, 4.69) is 10.6 Å². The molecule has 1 fully saturated rings. The lowest BCUT2D eigenvalue weighted by atomic mass is 10.0. The minimum Gasteiger partial charge on any atom is -0.444 e. The van der Waals surface area contributed by atoms with Gasteiger partial charge >= 0.3 is 6.09 Å². The first-order valence-electron chi connectivity index (χ1n) is 7.73. The van der Waals surface area contributed by atoms with E-state index in [1.54, 1.807) is 20.8 Å². The fourth-order valence-corrected chi connectivity index (χ4v) is 2.55. The summed E-state index contributed by atoms with van der Waals surface area (Å²) in [6.45, 7) is 6.87. The molecule has 2 N–H and O–H groups in total. The molecule has 124 valence electrons. The van der Waals surface area contributed by atoms with Gasteiger partial charge in [-0.05, 0) is 40.5 Å². The number of hydrogen-bond donors (Lipinski definition) is 2. The van der Waals surface area contributed by atoms with Crippen LogP contribution in [0.4, 0.5) is 13.6 Å². The summed E-state index contributed by atoms with van der Waals surface area (Å²) in [7, 11) is 0. The molecule has 0 aromatic heterocycles. The van der Waals surface area contributed by atoms with Gasteiger partial charge < -0.3 is 15.4 Å². The van der Waals surface area contributed by atoms with Crippen molar-refractivity contribution in [3.63, 3.8) is 0 Å². The van der Waals surface area contributed by atoms with Crippen molar-refractivity contribution >= 4 is 6.09 Å². The van der Waals surface area contributed by atoms with E-state index in [9.17, 15) is 13.6 Å². The van der Waals surface area contributed by atoms with Gasteiger partial charge in [-0.25, -0.2) is 13.6 Å². The highest BCUT2D eigenvalue weighted by Crippen LogP contribution is 2.20. The van der Waals surface area contributed by atoms with Gasteiger partial charge in [-0.1, -0.05) is 19.3 Å². The van der Waals surface area contributed by atoms with Crippen molar-refractivity contribution in [3.8, 4) is 0 Å². The van der Waals surface area contributed by atoms with Crippen molar-refractivity contribution in [2.24, 2.45) is 0 Å². The first-order valence-corrected chi connectivity index (χ1v) is 7.73. The summed E-state index contributed by atoms with van der Waals surface area (Å²) in [4.78, 5) is 11.9. The van der Waals surface area contributed by atoms with Crippen LogP contribution in [0.2, 0.25) is 0 Å². The van der Waals surface area contributed by atoms with Gasteiger partial charge in [0.05, 0.1) is 6.04 Å². The summed E-state index contributed by atoms with van der Waals surface area (Å²) in [6, 6.07) is -1.18. The number of halogens is 2. The maximum absolute atomic E-state index is 12.7. The highest BCUT2D eigenvalue weighted by atomic mass is 19.3. The smallest absolute Gasteiger partial charge is 0.407 e. The van der Waals surface area contributed by atoms with Gasteiger partial charge in [-0.15, -0.1) is 0 Å². The Balaban J connectivity index is 2.62.